The Kier molecular flexibility index (Phi) is 7.92. The molecule has 0 aliphatic carbocycles. The van der Waals surface area contributed by atoms with Gasteiger partial charge in [-0.25, -0.2) is 0 Å². The van der Waals surface area contributed by atoms with Gasteiger partial charge in [0.15, 0.2) is 0 Å². The number of alkyl halides is 6. The van der Waals surface area contributed by atoms with E-state index in [0.717, 1.165) is 0 Å². The molecule has 0 amide bonds. The summed E-state index contributed by atoms with van der Waals surface area (Å²) < 4.78 is 127. The molecule has 14 heteroatoms. The lowest BCUT2D eigenvalue weighted by Crippen LogP contribution is -2.20. The summed E-state index contributed by atoms with van der Waals surface area (Å²) in [7, 11) is 0. The summed E-state index contributed by atoms with van der Waals surface area (Å²) in [4.78, 5) is 21.8. The maximum atomic E-state index is 12.0. The zero-order chi connectivity index (χ0) is 20.0. The third-order valence-electron chi connectivity index (χ3n) is 2.05. The molecule has 25 heavy (non-hydrogen) atoms. The van der Waals surface area contributed by atoms with E-state index in [1.165, 1.54) is 0 Å². The van der Waals surface area contributed by atoms with Gasteiger partial charge in [0.2, 0.25) is 0 Å². The SMILES string of the molecule is O=C(CCCC(=O)OC(=C(F)F)C(F)(F)F)OC(=C(F)F)C(F)(F)F. The molecule has 0 aromatic rings. The minimum absolute atomic E-state index is 0.810. The first-order chi connectivity index (χ1) is 11.2. The fourth-order valence-electron chi connectivity index (χ4n) is 1.11. The minimum Gasteiger partial charge on any atom is -0.415 e. The van der Waals surface area contributed by atoms with E-state index in [1.54, 1.807) is 0 Å². The summed E-state index contributed by atoms with van der Waals surface area (Å²) in [6.07, 6.45) is -21.1. The van der Waals surface area contributed by atoms with Crippen LogP contribution in [0.3, 0.4) is 0 Å². The van der Waals surface area contributed by atoms with E-state index in [-0.39, 0.29) is 0 Å². The molecule has 0 spiro atoms. The predicted molar refractivity (Wildman–Crippen MR) is 56.6 cm³/mol. The third-order valence-corrected chi connectivity index (χ3v) is 2.05. The van der Waals surface area contributed by atoms with Crippen LogP contribution in [0.5, 0.6) is 0 Å². The molecule has 0 heterocycles. The van der Waals surface area contributed by atoms with Gasteiger partial charge in [-0.05, 0) is 6.42 Å². The molecule has 0 aromatic heterocycles. The molecule has 0 saturated carbocycles. The first-order valence-corrected chi connectivity index (χ1v) is 5.82. The van der Waals surface area contributed by atoms with Gasteiger partial charge < -0.3 is 9.47 Å². The van der Waals surface area contributed by atoms with Crippen LogP contribution in [0, 0.1) is 0 Å². The maximum absolute atomic E-state index is 12.0. The van der Waals surface area contributed by atoms with Gasteiger partial charge in [0.1, 0.15) is 0 Å². The van der Waals surface area contributed by atoms with Gasteiger partial charge in [-0.15, -0.1) is 0 Å². The fourth-order valence-corrected chi connectivity index (χ4v) is 1.11. The van der Waals surface area contributed by atoms with Crippen molar-refractivity contribution in [2.75, 3.05) is 0 Å². The Morgan fingerprint density at radius 3 is 1.12 bits per heavy atom. The Labute approximate surface area is 131 Å². The van der Waals surface area contributed by atoms with Crippen LogP contribution in [0.4, 0.5) is 43.9 Å². The smallest absolute Gasteiger partial charge is 0.415 e. The molecule has 0 aromatic carbocycles. The second kappa shape index (κ2) is 8.71. The maximum Gasteiger partial charge on any atom is 0.455 e. The van der Waals surface area contributed by atoms with Crippen LogP contribution >= 0.6 is 0 Å². The van der Waals surface area contributed by atoms with Gasteiger partial charge in [0, 0.05) is 12.8 Å². The zero-order valence-electron chi connectivity index (χ0n) is 11.5. The normalized spacial score (nSPS) is 11.6. The zero-order valence-corrected chi connectivity index (χ0v) is 11.5. The molecule has 0 N–H and O–H groups in total. The van der Waals surface area contributed by atoms with E-state index in [4.69, 9.17) is 0 Å². The van der Waals surface area contributed by atoms with Gasteiger partial charge in [-0.2, -0.15) is 43.9 Å². The largest absolute Gasteiger partial charge is 0.455 e. The summed E-state index contributed by atoms with van der Waals surface area (Å²) >= 11 is 0. The third kappa shape index (κ3) is 8.39. The van der Waals surface area contributed by atoms with E-state index >= 15 is 0 Å². The van der Waals surface area contributed by atoms with Crippen molar-refractivity contribution in [3.63, 3.8) is 0 Å². The Morgan fingerprint density at radius 1 is 0.640 bits per heavy atom. The first-order valence-electron chi connectivity index (χ1n) is 5.82. The van der Waals surface area contributed by atoms with Crippen LogP contribution in [-0.2, 0) is 19.1 Å². The molecule has 0 aliphatic heterocycles. The minimum atomic E-state index is -5.68. The number of rotatable bonds is 6. The summed E-state index contributed by atoms with van der Waals surface area (Å²) in [5.41, 5.74) is 0. The Morgan fingerprint density at radius 2 is 0.920 bits per heavy atom. The van der Waals surface area contributed by atoms with Crippen LogP contribution in [0.25, 0.3) is 0 Å². The summed E-state index contributed by atoms with van der Waals surface area (Å²) in [5.74, 6) is -9.53. The highest BCUT2D eigenvalue weighted by atomic mass is 19.4. The van der Waals surface area contributed by atoms with Crippen molar-refractivity contribution in [1.29, 1.82) is 0 Å². The van der Waals surface area contributed by atoms with E-state index in [1.807, 2.05) is 0 Å². The van der Waals surface area contributed by atoms with Crippen molar-refractivity contribution in [3.8, 4) is 0 Å². The molecule has 0 rings (SSSR count). The van der Waals surface area contributed by atoms with Gasteiger partial charge in [0.05, 0.1) is 0 Å². The van der Waals surface area contributed by atoms with E-state index in [2.05, 4.69) is 9.47 Å². The lowest BCUT2D eigenvalue weighted by Gasteiger charge is -2.11. The standard InChI is InChI=1S/C11H6F10O4/c12-8(13)6(10(16,17)18)24-4(22)2-1-3-5(23)25-7(9(14)15)11(19,20)21/h1-3H2. The molecule has 4 nitrogen and oxygen atoms in total. The van der Waals surface area contributed by atoms with E-state index in [9.17, 15) is 53.5 Å². The van der Waals surface area contributed by atoms with Crippen molar-refractivity contribution in [2.24, 2.45) is 0 Å². The number of ether oxygens (including phenoxy) is 2. The molecule has 0 radical (unpaired) electrons. The van der Waals surface area contributed by atoms with Crippen molar-refractivity contribution in [3.05, 3.63) is 23.7 Å². The van der Waals surface area contributed by atoms with Gasteiger partial charge in [0.25, 0.3) is 11.5 Å². The van der Waals surface area contributed by atoms with E-state index < -0.39 is 67.2 Å². The van der Waals surface area contributed by atoms with Crippen molar-refractivity contribution >= 4 is 11.9 Å². The number of halogens is 10. The summed E-state index contributed by atoms with van der Waals surface area (Å²) in [6, 6.07) is 0. The lowest BCUT2D eigenvalue weighted by molar-refractivity contribution is -0.165. The molecule has 144 valence electrons. The predicted octanol–water partition coefficient (Wildman–Crippen LogP) is 4.58. The number of carbonyl (C=O) groups excluding carboxylic acids is 2. The summed E-state index contributed by atoms with van der Waals surface area (Å²) in [6.45, 7) is 0. The highest BCUT2D eigenvalue weighted by Gasteiger charge is 2.43. The molecular formula is C11H6F10O4. The van der Waals surface area contributed by atoms with Gasteiger partial charge >= 0.3 is 36.5 Å². The topological polar surface area (TPSA) is 52.6 Å². The monoisotopic (exact) mass is 392 g/mol. The van der Waals surface area contributed by atoms with Crippen molar-refractivity contribution in [1.82, 2.24) is 0 Å². The Bertz CT molecular complexity index is 514. The quantitative estimate of drug-likeness (QED) is 0.377. The van der Waals surface area contributed by atoms with E-state index in [0.29, 0.717) is 0 Å². The molecular weight excluding hydrogens is 386 g/mol. The summed E-state index contributed by atoms with van der Waals surface area (Å²) in [5, 5.41) is 0. The Hall–Kier alpha value is -2.28. The molecule has 0 fully saturated rings. The average Bonchev–Trinajstić information content (AvgIpc) is 2.38. The van der Waals surface area contributed by atoms with Gasteiger partial charge in [-0.1, -0.05) is 0 Å². The van der Waals surface area contributed by atoms with Crippen LogP contribution < -0.4 is 0 Å². The number of hydrogen-bond donors (Lipinski definition) is 0. The molecule has 0 unspecified atom stereocenters. The highest BCUT2D eigenvalue weighted by molar-refractivity contribution is 5.73. The molecule has 0 saturated heterocycles. The number of hydrogen-bond acceptors (Lipinski definition) is 4. The fraction of sp³-hybridized carbons (Fsp3) is 0.455. The lowest BCUT2D eigenvalue weighted by atomic mass is 10.2. The second-order valence-corrected chi connectivity index (χ2v) is 3.98. The van der Waals surface area contributed by atoms with Crippen LogP contribution in [0.2, 0.25) is 0 Å². The van der Waals surface area contributed by atoms with Crippen LogP contribution in [0.1, 0.15) is 19.3 Å². The number of allylic oxidation sites excluding steroid dienone is 2. The van der Waals surface area contributed by atoms with Crippen LogP contribution in [0.15, 0.2) is 23.7 Å². The van der Waals surface area contributed by atoms with Gasteiger partial charge in [-0.3, -0.25) is 9.59 Å². The number of esters is 2. The van der Waals surface area contributed by atoms with Crippen molar-refractivity contribution in [2.45, 2.75) is 31.6 Å². The highest BCUT2D eigenvalue weighted by Crippen LogP contribution is 2.32. The molecule has 0 aliphatic rings. The molecule has 0 bridgehead atoms. The molecule has 0 atom stereocenters. The first kappa shape index (κ1) is 22.7. The average molecular weight is 392 g/mol. The van der Waals surface area contributed by atoms with Crippen LogP contribution in [-0.4, -0.2) is 24.3 Å². The van der Waals surface area contributed by atoms with Crippen molar-refractivity contribution < 1.29 is 63.0 Å². The Balaban J connectivity index is 4.59. The number of carbonyl (C=O) groups is 2. The second-order valence-electron chi connectivity index (χ2n) is 3.98.